The fraction of sp³-hybridized carbons (Fsp3) is 0.538. The Morgan fingerprint density at radius 3 is 2.78 bits per heavy atom. The summed E-state index contributed by atoms with van der Waals surface area (Å²) in [5, 5.41) is 3.43. The molecule has 96 valence electrons. The number of aromatic nitrogens is 1. The molecular weight excluding hydrogens is 235 g/mol. The van der Waals surface area contributed by atoms with Gasteiger partial charge in [-0.15, -0.1) is 0 Å². The number of ether oxygens (including phenoxy) is 1. The Labute approximate surface area is 105 Å². The highest BCUT2D eigenvalue weighted by molar-refractivity contribution is 5.96. The summed E-state index contributed by atoms with van der Waals surface area (Å²) in [5.74, 6) is -0.529. The Bertz CT molecular complexity index is 454. The number of piperidine rings is 1. The highest BCUT2D eigenvalue weighted by Gasteiger charge is 2.35. The zero-order valence-corrected chi connectivity index (χ0v) is 9.93. The number of nitrogens with one attached hydrogen (secondary N) is 1. The van der Waals surface area contributed by atoms with Crippen molar-refractivity contribution in [1.82, 2.24) is 10.3 Å². The lowest BCUT2D eigenvalue weighted by Gasteiger charge is -2.39. The van der Waals surface area contributed by atoms with E-state index in [1.807, 2.05) is 0 Å². The molecule has 0 saturated carbocycles. The third-order valence-corrected chi connectivity index (χ3v) is 3.59. The molecule has 18 heavy (non-hydrogen) atoms. The molecule has 2 fully saturated rings. The molecule has 3 heterocycles. The normalized spacial score (nSPS) is 31.1. The van der Waals surface area contributed by atoms with Crippen molar-refractivity contribution in [1.29, 1.82) is 0 Å². The van der Waals surface area contributed by atoms with E-state index in [9.17, 15) is 9.18 Å². The maximum Gasteiger partial charge on any atom is 0.184 e. The number of morpholine rings is 1. The van der Waals surface area contributed by atoms with Crippen molar-refractivity contribution >= 4 is 5.78 Å². The second kappa shape index (κ2) is 4.74. The summed E-state index contributed by atoms with van der Waals surface area (Å²) in [7, 11) is 0. The van der Waals surface area contributed by atoms with E-state index >= 15 is 0 Å². The number of ketones is 1. The highest BCUT2D eigenvalue weighted by atomic mass is 19.1. The predicted octanol–water partition coefficient (Wildman–Crippen LogP) is 1.17. The number of hydrogen-bond acceptors (Lipinski definition) is 4. The number of carbonyl (C=O) groups is 1. The fourth-order valence-corrected chi connectivity index (χ4v) is 2.80. The molecule has 2 bridgehead atoms. The second-order valence-corrected chi connectivity index (χ2v) is 4.99. The van der Waals surface area contributed by atoms with Crippen molar-refractivity contribution in [3.63, 3.8) is 0 Å². The molecule has 2 saturated heterocycles. The minimum absolute atomic E-state index is 0.0482. The van der Waals surface area contributed by atoms with Crippen LogP contribution in [0.1, 0.15) is 23.3 Å². The lowest BCUT2D eigenvalue weighted by atomic mass is 9.83. The number of carbonyl (C=O) groups excluding carboxylic acids is 1. The molecule has 5 heteroatoms. The van der Waals surface area contributed by atoms with Gasteiger partial charge < -0.3 is 10.1 Å². The third kappa shape index (κ3) is 2.28. The predicted molar refractivity (Wildman–Crippen MR) is 62.8 cm³/mol. The van der Waals surface area contributed by atoms with Crippen molar-refractivity contribution < 1.29 is 13.9 Å². The van der Waals surface area contributed by atoms with Crippen LogP contribution in [0.3, 0.4) is 0 Å². The molecule has 1 aromatic heterocycles. The van der Waals surface area contributed by atoms with Crippen LogP contribution in [0, 0.1) is 11.7 Å². The summed E-state index contributed by atoms with van der Waals surface area (Å²) in [5.41, 5.74) is 0.237. The van der Waals surface area contributed by atoms with Crippen LogP contribution in [-0.4, -0.2) is 36.1 Å². The van der Waals surface area contributed by atoms with Crippen LogP contribution in [0.4, 0.5) is 4.39 Å². The Kier molecular flexibility index (Phi) is 3.09. The molecule has 1 aromatic rings. The van der Waals surface area contributed by atoms with Gasteiger partial charge in [0.05, 0.1) is 13.2 Å². The van der Waals surface area contributed by atoms with Gasteiger partial charge in [-0.05, 0) is 18.9 Å². The SMILES string of the molecule is O=C(c1cc(F)ccn1)C1CC2COCC(C1)N2. The number of nitrogens with zero attached hydrogens (tertiary/aromatic N) is 1. The van der Waals surface area contributed by atoms with Gasteiger partial charge in [-0.3, -0.25) is 9.78 Å². The van der Waals surface area contributed by atoms with E-state index in [1.165, 1.54) is 18.3 Å². The molecule has 0 aliphatic carbocycles. The summed E-state index contributed by atoms with van der Waals surface area (Å²) in [6.45, 7) is 1.30. The zero-order chi connectivity index (χ0) is 12.5. The van der Waals surface area contributed by atoms with Crippen LogP contribution in [0.5, 0.6) is 0 Å². The number of rotatable bonds is 2. The van der Waals surface area contributed by atoms with Crippen molar-refractivity contribution in [2.45, 2.75) is 24.9 Å². The zero-order valence-electron chi connectivity index (χ0n) is 9.93. The molecule has 0 radical (unpaired) electrons. The maximum atomic E-state index is 13.1. The molecule has 2 atom stereocenters. The summed E-state index contributed by atoms with van der Waals surface area (Å²) in [6.07, 6.45) is 2.83. The Balaban J connectivity index is 1.76. The van der Waals surface area contributed by atoms with Gasteiger partial charge in [0.25, 0.3) is 0 Å². The average Bonchev–Trinajstić information content (AvgIpc) is 2.37. The number of halogens is 1. The summed E-state index contributed by atoms with van der Waals surface area (Å²) >= 11 is 0. The van der Waals surface area contributed by atoms with Crippen LogP contribution in [-0.2, 0) is 4.74 Å². The van der Waals surface area contributed by atoms with Gasteiger partial charge in [0.15, 0.2) is 5.78 Å². The van der Waals surface area contributed by atoms with Gasteiger partial charge in [0.2, 0.25) is 0 Å². The van der Waals surface area contributed by atoms with Crippen molar-refractivity contribution in [3.05, 3.63) is 29.8 Å². The molecule has 3 rings (SSSR count). The molecule has 0 spiro atoms. The van der Waals surface area contributed by atoms with Crippen molar-refractivity contribution in [2.24, 2.45) is 5.92 Å². The van der Waals surface area contributed by atoms with E-state index < -0.39 is 5.82 Å². The molecule has 4 nitrogen and oxygen atoms in total. The molecule has 2 aliphatic rings. The van der Waals surface area contributed by atoms with E-state index in [4.69, 9.17) is 4.74 Å². The largest absolute Gasteiger partial charge is 0.378 e. The van der Waals surface area contributed by atoms with Gasteiger partial charge in [0, 0.05) is 30.3 Å². The Hall–Kier alpha value is -1.33. The van der Waals surface area contributed by atoms with Crippen LogP contribution in [0.25, 0.3) is 0 Å². The Morgan fingerprint density at radius 1 is 1.39 bits per heavy atom. The first kappa shape index (κ1) is 11.7. The first-order chi connectivity index (χ1) is 8.72. The summed E-state index contributed by atoms with van der Waals surface area (Å²) < 4.78 is 18.5. The van der Waals surface area contributed by atoms with Crippen LogP contribution in [0.15, 0.2) is 18.3 Å². The first-order valence-electron chi connectivity index (χ1n) is 6.22. The number of pyridine rings is 1. The topological polar surface area (TPSA) is 51.2 Å². The standard InChI is InChI=1S/C13H15FN2O2/c14-9-1-2-15-12(5-9)13(17)8-3-10-6-18-7-11(4-8)16-10/h1-2,5,8,10-11,16H,3-4,6-7H2. The maximum absolute atomic E-state index is 13.1. The van der Waals surface area contributed by atoms with Crippen LogP contribution >= 0.6 is 0 Å². The second-order valence-electron chi connectivity index (χ2n) is 4.99. The minimum atomic E-state index is -0.411. The minimum Gasteiger partial charge on any atom is -0.378 e. The van der Waals surface area contributed by atoms with Gasteiger partial charge in [-0.1, -0.05) is 0 Å². The first-order valence-corrected chi connectivity index (χ1v) is 6.22. The lowest BCUT2D eigenvalue weighted by molar-refractivity contribution is 0.00942. The van der Waals surface area contributed by atoms with Gasteiger partial charge >= 0.3 is 0 Å². The van der Waals surface area contributed by atoms with E-state index in [0.29, 0.717) is 13.2 Å². The van der Waals surface area contributed by atoms with Gasteiger partial charge in [0.1, 0.15) is 11.5 Å². The van der Waals surface area contributed by atoms with E-state index in [1.54, 1.807) is 0 Å². The highest BCUT2D eigenvalue weighted by Crippen LogP contribution is 2.26. The van der Waals surface area contributed by atoms with Crippen LogP contribution in [0.2, 0.25) is 0 Å². The molecule has 2 unspecified atom stereocenters. The summed E-state index contributed by atoms with van der Waals surface area (Å²) in [4.78, 5) is 16.3. The molecule has 2 aliphatic heterocycles. The average molecular weight is 250 g/mol. The fourth-order valence-electron chi connectivity index (χ4n) is 2.80. The smallest absolute Gasteiger partial charge is 0.184 e. The van der Waals surface area contributed by atoms with E-state index in [0.717, 1.165) is 12.8 Å². The van der Waals surface area contributed by atoms with Crippen LogP contribution < -0.4 is 5.32 Å². The van der Waals surface area contributed by atoms with Gasteiger partial charge in [-0.2, -0.15) is 0 Å². The molecular formula is C13H15FN2O2. The van der Waals surface area contributed by atoms with Crippen molar-refractivity contribution in [3.8, 4) is 0 Å². The molecule has 0 amide bonds. The number of Topliss-reactive ketones (excluding diaryl/α,β-unsaturated/α-hetero) is 1. The monoisotopic (exact) mass is 250 g/mol. The number of fused-ring (bicyclic) bond motifs is 2. The Morgan fingerprint density at radius 2 is 2.11 bits per heavy atom. The molecule has 0 aromatic carbocycles. The summed E-state index contributed by atoms with van der Waals surface area (Å²) in [6, 6.07) is 2.94. The lowest BCUT2D eigenvalue weighted by Crippen LogP contribution is -2.55. The quantitative estimate of drug-likeness (QED) is 0.801. The van der Waals surface area contributed by atoms with E-state index in [-0.39, 0.29) is 29.5 Å². The van der Waals surface area contributed by atoms with Crippen molar-refractivity contribution in [2.75, 3.05) is 13.2 Å². The number of hydrogen-bond donors (Lipinski definition) is 1. The molecule has 1 N–H and O–H groups in total. The third-order valence-electron chi connectivity index (χ3n) is 3.59. The van der Waals surface area contributed by atoms with Gasteiger partial charge in [-0.25, -0.2) is 4.39 Å². The van der Waals surface area contributed by atoms with E-state index in [2.05, 4.69) is 10.3 Å².